The summed E-state index contributed by atoms with van der Waals surface area (Å²) in [4.78, 5) is 28.5. The third-order valence-electron chi connectivity index (χ3n) is 5.26. The van der Waals surface area contributed by atoms with E-state index in [0.29, 0.717) is 18.5 Å². The summed E-state index contributed by atoms with van der Waals surface area (Å²) >= 11 is 0. The van der Waals surface area contributed by atoms with Gasteiger partial charge in [-0.05, 0) is 44.9 Å². The first-order valence-electron chi connectivity index (χ1n) is 11.5. The molecule has 1 aliphatic rings. The monoisotopic (exact) mass is 509 g/mol. The molecule has 0 amide bonds. The summed E-state index contributed by atoms with van der Waals surface area (Å²) in [6.07, 6.45) is 1.04. The van der Waals surface area contributed by atoms with Gasteiger partial charge in [0, 0.05) is 11.9 Å². The van der Waals surface area contributed by atoms with Gasteiger partial charge >= 0.3 is 19.4 Å². The minimum atomic E-state index is -4.06. The van der Waals surface area contributed by atoms with Gasteiger partial charge in [0.05, 0.1) is 6.61 Å². The zero-order valence-corrected chi connectivity index (χ0v) is 21.2. The van der Waals surface area contributed by atoms with Gasteiger partial charge in [-0.3, -0.25) is 13.9 Å². The van der Waals surface area contributed by atoms with Crippen molar-refractivity contribution in [3.8, 4) is 5.75 Å². The van der Waals surface area contributed by atoms with Crippen molar-refractivity contribution in [3.63, 3.8) is 0 Å². The van der Waals surface area contributed by atoms with E-state index in [4.69, 9.17) is 23.3 Å². The van der Waals surface area contributed by atoms with Crippen molar-refractivity contribution in [3.05, 3.63) is 58.8 Å². The van der Waals surface area contributed by atoms with Crippen LogP contribution in [0.1, 0.15) is 45.5 Å². The molecule has 0 bridgehead atoms. The minimum Gasteiger partial charge on any atom is -0.461 e. The largest absolute Gasteiger partial charge is 0.461 e. The highest BCUT2D eigenvalue weighted by molar-refractivity contribution is 7.52. The van der Waals surface area contributed by atoms with E-state index in [1.165, 1.54) is 11.5 Å². The Morgan fingerprint density at radius 3 is 2.63 bits per heavy atom. The quantitative estimate of drug-likeness (QED) is 0.336. The van der Waals surface area contributed by atoms with Gasteiger partial charge < -0.3 is 18.7 Å². The van der Waals surface area contributed by atoms with Gasteiger partial charge in [0.25, 0.3) is 0 Å². The van der Waals surface area contributed by atoms with Gasteiger partial charge in [-0.2, -0.15) is 10.1 Å². The maximum atomic E-state index is 13.6. The number of carbonyl (C=O) groups excluding carboxylic acids is 1. The number of nitrogens with zero attached hydrogens (tertiary/aromatic N) is 2. The van der Waals surface area contributed by atoms with E-state index >= 15 is 0 Å². The highest BCUT2D eigenvalue weighted by Crippen LogP contribution is 2.45. The van der Waals surface area contributed by atoms with Gasteiger partial charge in [-0.25, -0.2) is 9.36 Å². The molecule has 0 aliphatic carbocycles. The highest BCUT2D eigenvalue weighted by atomic mass is 31.2. The molecule has 0 unspecified atom stereocenters. The Labute approximate surface area is 204 Å². The first kappa shape index (κ1) is 27.0. The third-order valence-corrected chi connectivity index (χ3v) is 6.90. The Bertz CT molecular complexity index is 1080. The Morgan fingerprint density at radius 2 is 1.97 bits per heavy atom. The number of benzene rings is 1. The fraction of sp³-hybridized carbons (Fsp3) is 0.522. The van der Waals surface area contributed by atoms with Crippen LogP contribution in [0.2, 0.25) is 0 Å². The molecule has 192 valence electrons. The molecule has 11 nitrogen and oxygen atoms in total. The van der Waals surface area contributed by atoms with Crippen molar-refractivity contribution in [1.29, 1.82) is 0 Å². The lowest BCUT2D eigenvalue weighted by atomic mass is 10.2. The molecule has 2 heterocycles. The van der Waals surface area contributed by atoms with Gasteiger partial charge in [0.15, 0.2) is 12.5 Å². The fourth-order valence-electron chi connectivity index (χ4n) is 3.27. The van der Waals surface area contributed by atoms with Crippen LogP contribution < -0.4 is 15.3 Å². The van der Waals surface area contributed by atoms with E-state index in [1.54, 1.807) is 49.5 Å². The summed E-state index contributed by atoms with van der Waals surface area (Å²) < 4.78 is 42.8. The Hall–Kier alpha value is -2.56. The molecule has 1 N–H and O–H groups in total. The lowest BCUT2D eigenvalue weighted by molar-refractivity contribution is -0.151. The number of ether oxygens (including phenoxy) is 3. The SMILES string of the molecule is CCC(CC)OC(=O)[C@H](C)N[P@@](=O)(OC[C@H]1OC[C@@H](n2ccc(C)nc2=O)O1)Oc1ccccc1. The van der Waals surface area contributed by atoms with Crippen molar-refractivity contribution in [2.24, 2.45) is 0 Å². The second kappa shape index (κ2) is 12.4. The maximum absolute atomic E-state index is 13.6. The molecule has 0 spiro atoms. The van der Waals surface area contributed by atoms with E-state index in [1.807, 2.05) is 13.8 Å². The van der Waals surface area contributed by atoms with Crippen LogP contribution in [0.5, 0.6) is 5.75 Å². The normalized spacial score (nSPS) is 20.4. The van der Waals surface area contributed by atoms with Gasteiger partial charge in [0.1, 0.15) is 24.5 Å². The number of hydrogen-bond acceptors (Lipinski definition) is 9. The standard InChI is InChI=1S/C23H32N3O8P/c1-5-18(6-2)32-22(27)17(4)25-35(29,34-19-10-8-7-9-11-19)31-15-21-30-14-20(33-21)26-13-12-16(3)24-23(26)28/h7-13,17-18,20-21H,5-6,14-15H2,1-4H3,(H,25,29)/t17-,20-,21-,35+/m0/s1. The van der Waals surface area contributed by atoms with E-state index < -0.39 is 38.0 Å². The van der Waals surface area contributed by atoms with Crippen LogP contribution in [-0.2, 0) is 28.1 Å². The van der Waals surface area contributed by atoms with Gasteiger partial charge in [-0.15, -0.1) is 0 Å². The van der Waals surface area contributed by atoms with Crippen LogP contribution in [0.4, 0.5) is 0 Å². The molecule has 2 aromatic rings. The molecule has 1 aromatic heterocycles. The van der Waals surface area contributed by atoms with E-state index in [9.17, 15) is 14.2 Å². The zero-order valence-electron chi connectivity index (χ0n) is 20.3. The zero-order chi connectivity index (χ0) is 25.4. The summed E-state index contributed by atoms with van der Waals surface area (Å²) in [6.45, 7) is 6.87. The van der Waals surface area contributed by atoms with Gasteiger partial charge in [-0.1, -0.05) is 32.0 Å². The van der Waals surface area contributed by atoms with Crippen LogP contribution >= 0.6 is 7.75 Å². The van der Waals surface area contributed by atoms with Crippen molar-refractivity contribution in [1.82, 2.24) is 14.6 Å². The first-order valence-corrected chi connectivity index (χ1v) is 13.1. The molecule has 0 saturated carbocycles. The predicted molar refractivity (Wildman–Crippen MR) is 127 cm³/mol. The molecule has 1 fully saturated rings. The molecule has 4 atom stereocenters. The lowest BCUT2D eigenvalue weighted by Gasteiger charge is -2.24. The topological polar surface area (TPSA) is 127 Å². The number of aromatic nitrogens is 2. The number of aryl methyl sites for hydroxylation is 1. The first-order chi connectivity index (χ1) is 16.7. The summed E-state index contributed by atoms with van der Waals surface area (Å²) in [6, 6.07) is 9.14. The van der Waals surface area contributed by atoms with Crippen molar-refractivity contribution in [2.75, 3.05) is 13.2 Å². The number of para-hydroxylation sites is 1. The van der Waals surface area contributed by atoms with Crippen molar-refractivity contribution >= 4 is 13.7 Å². The number of nitrogens with one attached hydrogen (secondary N) is 1. The van der Waals surface area contributed by atoms with E-state index in [2.05, 4.69) is 10.1 Å². The minimum absolute atomic E-state index is 0.0775. The van der Waals surface area contributed by atoms with E-state index in [0.717, 1.165) is 0 Å². The molecular formula is C23H32N3O8P. The second-order valence-electron chi connectivity index (χ2n) is 8.04. The Morgan fingerprint density at radius 1 is 1.26 bits per heavy atom. The van der Waals surface area contributed by atoms with Crippen LogP contribution in [0, 0.1) is 6.92 Å². The molecule has 0 radical (unpaired) electrons. The van der Waals surface area contributed by atoms with Crippen LogP contribution in [0.3, 0.4) is 0 Å². The van der Waals surface area contributed by atoms with Crippen molar-refractivity contribution < 1.29 is 32.6 Å². The summed E-state index contributed by atoms with van der Waals surface area (Å²) in [5.41, 5.74) is 0.122. The number of hydrogen-bond donors (Lipinski definition) is 1. The fourth-order valence-corrected chi connectivity index (χ4v) is 4.75. The number of esters is 1. The second-order valence-corrected chi connectivity index (χ2v) is 9.73. The molecule has 12 heteroatoms. The van der Waals surface area contributed by atoms with Crippen LogP contribution in [0.25, 0.3) is 0 Å². The van der Waals surface area contributed by atoms with Crippen LogP contribution in [-0.4, -0.2) is 47.2 Å². The Kier molecular flexibility index (Phi) is 9.59. The average molecular weight is 509 g/mol. The highest BCUT2D eigenvalue weighted by Gasteiger charge is 2.36. The molecule has 35 heavy (non-hydrogen) atoms. The average Bonchev–Trinajstić information content (AvgIpc) is 3.30. The van der Waals surface area contributed by atoms with Crippen LogP contribution in [0.15, 0.2) is 47.4 Å². The molecule has 3 rings (SSSR count). The lowest BCUT2D eigenvalue weighted by Crippen LogP contribution is -2.37. The summed E-state index contributed by atoms with van der Waals surface area (Å²) in [5, 5.41) is 2.64. The maximum Gasteiger partial charge on any atom is 0.459 e. The summed E-state index contributed by atoms with van der Waals surface area (Å²) in [5.74, 6) is -0.286. The molecule has 1 aromatic carbocycles. The Balaban J connectivity index is 1.66. The van der Waals surface area contributed by atoms with Gasteiger partial charge in [0.2, 0.25) is 0 Å². The smallest absolute Gasteiger partial charge is 0.459 e. The van der Waals surface area contributed by atoms with Crippen molar-refractivity contribution in [2.45, 2.75) is 65.2 Å². The number of rotatable bonds is 12. The number of carbonyl (C=O) groups is 1. The molecular weight excluding hydrogens is 477 g/mol. The molecule has 1 aliphatic heterocycles. The molecule has 1 saturated heterocycles. The van der Waals surface area contributed by atoms with E-state index in [-0.39, 0.29) is 25.1 Å². The third kappa shape index (κ3) is 7.71. The predicted octanol–water partition coefficient (Wildman–Crippen LogP) is 3.34. The summed E-state index contributed by atoms with van der Waals surface area (Å²) in [7, 11) is -4.06.